The minimum atomic E-state index is -3.39. The molecule has 4 nitrogen and oxygen atoms in total. The number of piperazine rings is 1. The average Bonchev–Trinajstić information content (AvgIpc) is 2.41. The van der Waals surface area contributed by atoms with E-state index in [9.17, 15) is 8.42 Å². The van der Waals surface area contributed by atoms with Crippen LogP contribution in [0.1, 0.15) is 39.2 Å². The summed E-state index contributed by atoms with van der Waals surface area (Å²) in [7, 11) is -3.39. The van der Waals surface area contributed by atoms with Gasteiger partial charge in [-0.2, -0.15) is 4.31 Å². The molecule has 5 heteroatoms. The summed E-state index contributed by atoms with van der Waals surface area (Å²) < 4.78 is 27.1. The molecule has 0 amide bonds. The molecule has 0 aliphatic carbocycles. The van der Waals surface area contributed by atoms with Gasteiger partial charge in [-0.1, -0.05) is 26.0 Å². The van der Waals surface area contributed by atoms with Crippen LogP contribution in [0, 0.1) is 0 Å². The molecule has 1 aliphatic rings. The zero-order valence-corrected chi connectivity index (χ0v) is 13.4. The summed E-state index contributed by atoms with van der Waals surface area (Å²) >= 11 is 0. The number of rotatable bonds is 3. The summed E-state index contributed by atoms with van der Waals surface area (Å²) in [5, 5.41) is 3.30. The van der Waals surface area contributed by atoms with Gasteiger partial charge in [-0.25, -0.2) is 8.42 Å². The summed E-state index contributed by atoms with van der Waals surface area (Å²) in [6.07, 6.45) is 0. The molecule has 0 saturated carbocycles. The van der Waals surface area contributed by atoms with E-state index in [1.54, 1.807) is 16.4 Å². The SMILES string of the molecule is CC1CN(S(=O)(=O)c2ccc(C(C)C)cc2)C(C)CN1. The largest absolute Gasteiger partial charge is 0.311 e. The summed E-state index contributed by atoms with van der Waals surface area (Å²) in [6.45, 7) is 9.38. The Morgan fingerprint density at radius 2 is 1.80 bits per heavy atom. The van der Waals surface area contributed by atoms with Gasteiger partial charge in [-0.3, -0.25) is 0 Å². The molecule has 1 N–H and O–H groups in total. The van der Waals surface area contributed by atoms with Gasteiger partial charge >= 0.3 is 0 Å². The van der Waals surface area contributed by atoms with E-state index in [-0.39, 0.29) is 12.1 Å². The van der Waals surface area contributed by atoms with Gasteiger partial charge in [0.1, 0.15) is 0 Å². The first-order chi connectivity index (χ1) is 9.32. The molecule has 112 valence electrons. The molecule has 2 rings (SSSR count). The minimum Gasteiger partial charge on any atom is -0.311 e. The number of sulfonamides is 1. The monoisotopic (exact) mass is 296 g/mol. The van der Waals surface area contributed by atoms with Gasteiger partial charge in [0.2, 0.25) is 10.0 Å². The molecular formula is C15H24N2O2S. The first kappa shape index (κ1) is 15.5. The smallest absolute Gasteiger partial charge is 0.243 e. The van der Waals surface area contributed by atoms with Crippen LogP contribution in [0.3, 0.4) is 0 Å². The Morgan fingerprint density at radius 3 is 2.35 bits per heavy atom. The van der Waals surface area contributed by atoms with Crippen molar-refractivity contribution in [3.05, 3.63) is 29.8 Å². The third-order valence-corrected chi connectivity index (χ3v) is 5.85. The minimum absolute atomic E-state index is 0.0130. The Morgan fingerprint density at radius 1 is 1.20 bits per heavy atom. The molecule has 1 fully saturated rings. The number of nitrogens with one attached hydrogen (secondary N) is 1. The summed E-state index contributed by atoms with van der Waals surface area (Å²) in [4.78, 5) is 0.392. The molecule has 1 aliphatic heterocycles. The van der Waals surface area contributed by atoms with E-state index in [2.05, 4.69) is 19.2 Å². The van der Waals surface area contributed by atoms with Crippen molar-refractivity contribution in [3.8, 4) is 0 Å². The number of nitrogens with zero attached hydrogens (tertiary/aromatic N) is 1. The standard InChI is InChI=1S/C15H24N2O2S/c1-11(2)14-5-7-15(8-6-14)20(18,19)17-10-12(3)16-9-13(17)4/h5-8,11-13,16H,9-10H2,1-4H3. The van der Waals surface area contributed by atoms with E-state index in [1.807, 2.05) is 26.0 Å². The van der Waals surface area contributed by atoms with Crippen LogP contribution >= 0.6 is 0 Å². The first-order valence-corrected chi connectivity index (χ1v) is 8.61. The van der Waals surface area contributed by atoms with E-state index in [0.717, 1.165) is 5.56 Å². The van der Waals surface area contributed by atoms with Crippen LogP contribution < -0.4 is 5.32 Å². The van der Waals surface area contributed by atoms with E-state index in [4.69, 9.17) is 0 Å². The summed E-state index contributed by atoms with van der Waals surface area (Å²) in [5.41, 5.74) is 1.16. The van der Waals surface area contributed by atoms with Gasteiger partial charge in [-0.05, 0) is 37.5 Å². The van der Waals surface area contributed by atoms with Crippen LogP contribution in [0.4, 0.5) is 0 Å². The molecule has 20 heavy (non-hydrogen) atoms. The lowest BCUT2D eigenvalue weighted by molar-refractivity contribution is 0.244. The maximum Gasteiger partial charge on any atom is 0.243 e. The molecule has 0 aromatic heterocycles. The Labute approximate surface area is 122 Å². The van der Waals surface area contributed by atoms with Gasteiger partial charge in [0.25, 0.3) is 0 Å². The topological polar surface area (TPSA) is 49.4 Å². The quantitative estimate of drug-likeness (QED) is 0.930. The van der Waals surface area contributed by atoms with Gasteiger partial charge in [0.15, 0.2) is 0 Å². The zero-order valence-electron chi connectivity index (χ0n) is 12.6. The maximum atomic E-state index is 12.7. The number of hydrogen-bond acceptors (Lipinski definition) is 3. The Balaban J connectivity index is 2.29. The number of hydrogen-bond donors (Lipinski definition) is 1. The molecule has 1 aromatic rings. The molecule has 1 heterocycles. The fraction of sp³-hybridized carbons (Fsp3) is 0.600. The highest BCUT2D eigenvalue weighted by Gasteiger charge is 2.33. The van der Waals surface area contributed by atoms with E-state index in [0.29, 0.717) is 23.9 Å². The highest BCUT2D eigenvalue weighted by atomic mass is 32.2. The number of benzene rings is 1. The van der Waals surface area contributed by atoms with Crippen molar-refractivity contribution >= 4 is 10.0 Å². The summed E-state index contributed by atoms with van der Waals surface area (Å²) in [5.74, 6) is 0.407. The van der Waals surface area contributed by atoms with Crippen LogP contribution in [-0.2, 0) is 10.0 Å². The van der Waals surface area contributed by atoms with E-state index in [1.165, 1.54) is 0 Å². The molecule has 1 saturated heterocycles. The van der Waals surface area contributed by atoms with Crippen molar-refractivity contribution < 1.29 is 8.42 Å². The van der Waals surface area contributed by atoms with Crippen molar-refractivity contribution in [3.63, 3.8) is 0 Å². The highest BCUT2D eigenvalue weighted by molar-refractivity contribution is 7.89. The Kier molecular flexibility index (Phi) is 4.52. The predicted octanol–water partition coefficient (Wildman–Crippen LogP) is 2.18. The molecule has 0 radical (unpaired) electrons. The van der Waals surface area contributed by atoms with E-state index < -0.39 is 10.0 Å². The lowest BCUT2D eigenvalue weighted by Crippen LogP contribution is -2.56. The normalized spacial score (nSPS) is 25.1. The molecule has 0 spiro atoms. The van der Waals surface area contributed by atoms with Gasteiger partial charge in [-0.15, -0.1) is 0 Å². The Bertz CT molecular complexity index is 552. The maximum absolute atomic E-state index is 12.7. The molecular weight excluding hydrogens is 272 g/mol. The van der Waals surface area contributed by atoms with Crippen molar-refractivity contribution in [1.29, 1.82) is 0 Å². The van der Waals surface area contributed by atoms with Crippen LogP contribution in [0.25, 0.3) is 0 Å². The molecule has 0 bridgehead atoms. The second-order valence-electron chi connectivity index (χ2n) is 5.96. The molecule has 2 unspecified atom stereocenters. The van der Waals surface area contributed by atoms with Gasteiger partial charge in [0.05, 0.1) is 4.90 Å². The molecule has 2 atom stereocenters. The second kappa shape index (κ2) is 5.84. The van der Waals surface area contributed by atoms with Crippen molar-refractivity contribution in [2.75, 3.05) is 13.1 Å². The van der Waals surface area contributed by atoms with Crippen LogP contribution in [-0.4, -0.2) is 37.9 Å². The summed E-state index contributed by atoms with van der Waals surface area (Å²) in [6, 6.07) is 7.45. The fourth-order valence-corrected chi connectivity index (χ4v) is 4.20. The third kappa shape index (κ3) is 3.05. The van der Waals surface area contributed by atoms with E-state index >= 15 is 0 Å². The van der Waals surface area contributed by atoms with Crippen LogP contribution in [0.2, 0.25) is 0 Å². The van der Waals surface area contributed by atoms with Gasteiger partial charge in [0, 0.05) is 25.2 Å². The van der Waals surface area contributed by atoms with Crippen LogP contribution in [0.15, 0.2) is 29.2 Å². The van der Waals surface area contributed by atoms with Crippen LogP contribution in [0.5, 0.6) is 0 Å². The molecule has 1 aromatic carbocycles. The lowest BCUT2D eigenvalue weighted by Gasteiger charge is -2.36. The fourth-order valence-electron chi connectivity index (χ4n) is 2.48. The Hall–Kier alpha value is -0.910. The lowest BCUT2D eigenvalue weighted by atomic mass is 10.0. The zero-order chi connectivity index (χ0) is 14.9. The first-order valence-electron chi connectivity index (χ1n) is 7.17. The average molecular weight is 296 g/mol. The second-order valence-corrected chi connectivity index (χ2v) is 7.85. The predicted molar refractivity (Wildman–Crippen MR) is 81.3 cm³/mol. The van der Waals surface area contributed by atoms with Crippen molar-refractivity contribution in [2.45, 2.75) is 50.6 Å². The highest BCUT2D eigenvalue weighted by Crippen LogP contribution is 2.23. The van der Waals surface area contributed by atoms with Crippen molar-refractivity contribution in [1.82, 2.24) is 9.62 Å². The van der Waals surface area contributed by atoms with Gasteiger partial charge < -0.3 is 5.32 Å². The van der Waals surface area contributed by atoms with Crippen molar-refractivity contribution in [2.24, 2.45) is 0 Å². The third-order valence-electron chi connectivity index (χ3n) is 3.86.